The smallest absolute Gasteiger partial charge is 0.0462 e. The maximum atomic E-state index is 2.33. The average molecular weight is 669 g/mol. The maximum Gasteiger partial charge on any atom is 0.0462 e. The summed E-state index contributed by atoms with van der Waals surface area (Å²) >= 11 is 0. The Morgan fingerprint density at radius 1 is 0.212 bits per heavy atom. The van der Waals surface area contributed by atoms with Crippen molar-refractivity contribution in [3.05, 3.63) is 217 Å². The molecule has 0 atom stereocenters. The molecule has 0 aliphatic carbocycles. The second-order valence-electron chi connectivity index (χ2n) is 13.3. The number of anilines is 6. The lowest BCUT2D eigenvalue weighted by Gasteiger charge is -2.26. The number of nitrogens with zero attached hydrogens (tertiary/aromatic N) is 2. The number of hydrogen-bond donors (Lipinski definition) is 0. The standard InChI is InChI=1S/C50H40N2/c1-37-13-25-45(26-14-37)51(46-27-15-38(2)16-28-46)47-33-21-43(22-34-47)44-23-35-50(36-24-44)52(48-29-17-41(18-30-48)39-9-5-3-6-10-39)49-31-19-42(20-32-49)40-11-7-4-8-12-40/h3-36H,1-2H3. The van der Waals surface area contributed by atoms with Gasteiger partial charge in [-0.1, -0.05) is 145 Å². The Hall–Kier alpha value is -6.64. The zero-order chi connectivity index (χ0) is 35.3. The SMILES string of the molecule is Cc1ccc(N(c2ccc(C)cc2)c2ccc(-c3ccc(N(c4ccc(-c5ccccc5)cc4)c4ccc(-c5ccccc5)cc4)cc3)cc2)cc1. The van der Waals surface area contributed by atoms with Crippen molar-refractivity contribution in [3.63, 3.8) is 0 Å². The summed E-state index contributed by atoms with van der Waals surface area (Å²) in [6.45, 7) is 4.26. The molecule has 0 saturated heterocycles. The molecule has 0 unspecified atom stereocenters. The molecule has 250 valence electrons. The molecule has 0 aromatic heterocycles. The number of aryl methyl sites for hydroxylation is 2. The maximum absolute atomic E-state index is 2.33. The first-order chi connectivity index (χ1) is 25.6. The highest BCUT2D eigenvalue weighted by Crippen LogP contribution is 2.39. The Balaban J connectivity index is 1.11. The Morgan fingerprint density at radius 3 is 0.635 bits per heavy atom. The van der Waals surface area contributed by atoms with Crippen LogP contribution in [0.2, 0.25) is 0 Å². The highest BCUT2D eigenvalue weighted by molar-refractivity contribution is 5.82. The minimum absolute atomic E-state index is 1.10. The first kappa shape index (κ1) is 32.6. The van der Waals surface area contributed by atoms with Crippen molar-refractivity contribution >= 4 is 34.1 Å². The summed E-state index contributed by atoms with van der Waals surface area (Å²) in [5.41, 5.74) is 16.4. The van der Waals surface area contributed by atoms with Gasteiger partial charge in [0, 0.05) is 34.1 Å². The molecule has 0 bridgehead atoms. The molecule has 0 aliphatic heterocycles. The molecule has 0 aliphatic rings. The molecule has 2 nitrogen and oxygen atoms in total. The zero-order valence-electron chi connectivity index (χ0n) is 29.5. The van der Waals surface area contributed by atoms with Crippen molar-refractivity contribution in [3.8, 4) is 33.4 Å². The van der Waals surface area contributed by atoms with Gasteiger partial charge >= 0.3 is 0 Å². The summed E-state index contributed by atoms with van der Waals surface area (Å²) in [7, 11) is 0. The largest absolute Gasteiger partial charge is 0.311 e. The summed E-state index contributed by atoms with van der Waals surface area (Å²) in [6, 6.07) is 74.0. The van der Waals surface area contributed by atoms with Gasteiger partial charge in [-0.3, -0.25) is 0 Å². The molecule has 0 heterocycles. The fourth-order valence-electron chi connectivity index (χ4n) is 6.76. The van der Waals surface area contributed by atoms with E-state index in [0.717, 1.165) is 34.1 Å². The highest BCUT2D eigenvalue weighted by Gasteiger charge is 2.15. The minimum Gasteiger partial charge on any atom is -0.311 e. The lowest BCUT2D eigenvalue weighted by atomic mass is 10.0. The van der Waals surface area contributed by atoms with Gasteiger partial charge in [0.2, 0.25) is 0 Å². The monoisotopic (exact) mass is 668 g/mol. The molecule has 2 heteroatoms. The summed E-state index contributed by atoms with van der Waals surface area (Å²) in [5, 5.41) is 0. The van der Waals surface area contributed by atoms with E-state index in [1.807, 2.05) is 0 Å². The number of hydrogen-bond acceptors (Lipinski definition) is 2. The fourth-order valence-corrected chi connectivity index (χ4v) is 6.76. The van der Waals surface area contributed by atoms with Crippen molar-refractivity contribution < 1.29 is 0 Å². The lowest BCUT2D eigenvalue weighted by molar-refractivity contribution is 1.27. The molecular formula is C50H40N2. The Morgan fingerprint density at radius 2 is 0.404 bits per heavy atom. The van der Waals surface area contributed by atoms with Crippen LogP contribution in [0.15, 0.2) is 206 Å². The van der Waals surface area contributed by atoms with Crippen molar-refractivity contribution in [2.45, 2.75) is 13.8 Å². The van der Waals surface area contributed by atoms with Gasteiger partial charge in [-0.25, -0.2) is 0 Å². The third kappa shape index (κ3) is 7.01. The van der Waals surface area contributed by atoms with Gasteiger partial charge in [-0.15, -0.1) is 0 Å². The number of benzene rings is 8. The Kier molecular flexibility index (Phi) is 9.19. The topological polar surface area (TPSA) is 6.48 Å². The van der Waals surface area contributed by atoms with Gasteiger partial charge in [-0.2, -0.15) is 0 Å². The molecule has 0 spiro atoms. The molecule has 0 radical (unpaired) electrons. The lowest BCUT2D eigenvalue weighted by Crippen LogP contribution is -2.10. The van der Waals surface area contributed by atoms with E-state index in [4.69, 9.17) is 0 Å². The van der Waals surface area contributed by atoms with Crippen molar-refractivity contribution in [2.75, 3.05) is 9.80 Å². The predicted octanol–water partition coefficient (Wildman–Crippen LogP) is 14.2. The van der Waals surface area contributed by atoms with E-state index >= 15 is 0 Å². The number of rotatable bonds is 9. The van der Waals surface area contributed by atoms with Crippen LogP contribution >= 0.6 is 0 Å². The Bertz CT molecular complexity index is 2220. The van der Waals surface area contributed by atoms with Gasteiger partial charge in [0.25, 0.3) is 0 Å². The first-order valence-corrected chi connectivity index (χ1v) is 17.8. The van der Waals surface area contributed by atoms with Crippen LogP contribution in [0.25, 0.3) is 33.4 Å². The molecule has 0 fully saturated rings. The van der Waals surface area contributed by atoms with Crippen LogP contribution in [0.3, 0.4) is 0 Å². The normalized spacial score (nSPS) is 10.9. The van der Waals surface area contributed by atoms with E-state index in [1.165, 1.54) is 44.5 Å². The van der Waals surface area contributed by atoms with Crippen molar-refractivity contribution in [1.82, 2.24) is 0 Å². The molecule has 52 heavy (non-hydrogen) atoms. The van der Waals surface area contributed by atoms with Crippen LogP contribution in [0.1, 0.15) is 11.1 Å². The van der Waals surface area contributed by atoms with Crippen LogP contribution in [0, 0.1) is 13.8 Å². The van der Waals surface area contributed by atoms with E-state index in [0.29, 0.717) is 0 Å². The van der Waals surface area contributed by atoms with Crippen LogP contribution in [0.4, 0.5) is 34.1 Å². The zero-order valence-corrected chi connectivity index (χ0v) is 29.5. The molecule has 8 aromatic rings. The van der Waals surface area contributed by atoms with Gasteiger partial charge in [-0.05, 0) is 120 Å². The van der Waals surface area contributed by atoms with Crippen LogP contribution in [-0.4, -0.2) is 0 Å². The molecule has 8 rings (SSSR count). The summed E-state index contributed by atoms with van der Waals surface area (Å²) in [6.07, 6.45) is 0. The van der Waals surface area contributed by atoms with E-state index in [-0.39, 0.29) is 0 Å². The quantitative estimate of drug-likeness (QED) is 0.151. The Labute approximate surface area is 307 Å². The van der Waals surface area contributed by atoms with Crippen LogP contribution < -0.4 is 9.80 Å². The van der Waals surface area contributed by atoms with E-state index in [2.05, 4.69) is 230 Å². The van der Waals surface area contributed by atoms with Crippen LogP contribution in [-0.2, 0) is 0 Å². The molecule has 8 aromatic carbocycles. The van der Waals surface area contributed by atoms with E-state index in [9.17, 15) is 0 Å². The van der Waals surface area contributed by atoms with Crippen molar-refractivity contribution in [1.29, 1.82) is 0 Å². The predicted molar refractivity (Wildman–Crippen MR) is 222 cm³/mol. The minimum atomic E-state index is 1.10. The average Bonchev–Trinajstić information content (AvgIpc) is 3.21. The van der Waals surface area contributed by atoms with E-state index < -0.39 is 0 Å². The van der Waals surface area contributed by atoms with Gasteiger partial charge in [0.1, 0.15) is 0 Å². The second-order valence-corrected chi connectivity index (χ2v) is 13.3. The summed E-state index contributed by atoms with van der Waals surface area (Å²) in [4.78, 5) is 4.65. The van der Waals surface area contributed by atoms with Gasteiger partial charge in [0.15, 0.2) is 0 Å². The molecular weight excluding hydrogens is 629 g/mol. The second kappa shape index (κ2) is 14.7. The van der Waals surface area contributed by atoms with Crippen LogP contribution in [0.5, 0.6) is 0 Å². The molecule has 0 N–H and O–H groups in total. The van der Waals surface area contributed by atoms with Gasteiger partial charge < -0.3 is 9.80 Å². The third-order valence-corrected chi connectivity index (χ3v) is 9.63. The summed E-state index contributed by atoms with van der Waals surface area (Å²) < 4.78 is 0. The first-order valence-electron chi connectivity index (χ1n) is 17.8. The van der Waals surface area contributed by atoms with E-state index in [1.54, 1.807) is 0 Å². The molecule has 0 saturated carbocycles. The third-order valence-electron chi connectivity index (χ3n) is 9.63. The fraction of sp³-hybridized carbons (Fsp3) is 0.0400. The van der Waals surface area contributed by atoms with Crippen molar-refractivity contribution in [2.24, 2.45) is 0 Å². The van der Waals surface area contributed by atoms with Gasteiger partial charge in [0.05, 0.1) is 0 Å². The highest BCUT2D eigenvalue weighted by atomic mass is 15.1. The molecule has 0 amide bonds. The summed E-state index contributed by atoms with van der Waals surface area (Å²) in [5.74, 6) is 0.